The van der Waals surface area contributed by atoms with Crippen molar-refractivity contribution in [2.24, 2.45) is 0 Å². The topological polar surface area (TPSA) is 80.9 Å². The van der Waals surface area contributed by atoms with Crippen LogP contribution < -0.4 is 14.8 Å². The Hall–Kier alpha value is -3.25. The molecule has 0 aliphatic carbocycles. The van der Waals surface area contributed by atoms with Crippen molar-refractivity contribution >= 4 is 11.6 Å². The van der Waals surface area contributed by atoms with E-state index < -0.39 is 0 Å². The van der Waals surface area contributed by atoms with Gasteiger partial charge < -0.3 is 24.3 Å². The molecule has 2 N–H and O–H groups in total. The molecule has 0 atom stereocenters. The monoisotopic (exact) mass is 353 g/mol. The van der Waals surface area contributed by atoms with Gasteiger partial charge in [-0.2, -0.15) is 0 Å². The molecular weight excluding hydrogens is 334 g/mol. The van der Waals surface area contributed by atoms with Gasteiger partial charge in [-0.1, -0.05) is 6.07 Å². The van der Waals surface area contributed by atoms with Crippen LogP contribution in [0.25, 0.3) is 11.3 Å². The van der Waals surface area contributed by atoms with Gasteiger partial charge in [0.2, 0.25) is 0 Å². The summed E-state index contributed by atoms with van der Waals surface area (Å²) in [6, 6.07) is 15.6. The Kier molecular flexibility index (Phi) is 5.24. The number of hydrogen-bond acceptors (Lipinski definition) is 5. The van der Waals surface area contributed by atoms with E-state index in [2.05, 4.69) is 5.32 Å². The third-order valence-electron chi connectivity index (χ3n) is 3.87. The Morgan fingerprint density at radius 2 is 1.92 bits per heavy atom. The maximum atomic E-state index is 12.4. The second-order valence-electron chi connectivity index (χ2n) is 5.53. The van der Waals surface area contributed by atoms with E-state index in [-0.39, 0.29) is 12.5 Å². The highest BCUT2D eigenvalue weighted by Crippen LogP contribution is 2.33. The molecule has 2 aromatic carbocycles. The molecule has 1 amide bonds. The molecule has 0 radical (unpaired) electrons. The summed E-state index contributed by atoms with van der Waals surface area (Å²) in [6.45, 7) is -0.170. The van der Waals surface area contributed by atoms with Crippen molar-refractivity contribution in [1.82, 2.24) is 0 Å². The molecule has 0 saturated heterocycles. The van der Waals surface area contributed by atoms with Crippen LogP contribution in [-0.2, 0) is 6.61 Å². The van der Waals surface area contributed by atoms with Gasteiger partial charge in [0, 0.05) is 17.3 Å². The van der Waals surface area contributed by atoms with E-state index in [4.69, 9.17) is 19.0 Å². The second-order valence-corrected chi connectivity index (χ2v) is 5.53. The summed E-state index contributed by atoms with van der Waals surface area (Å²) < 4.78 is 16.1. The number of ether oxygens (including phenoxy) is 2. The molecular formula is C20H19NO5. The number of amides is 1. The Balaban J connectivity index is 1.83. The van der Waals surface area contributed by atoms with E-state index in [0.717, 1.165) is 5.56 Å². The van der Waals surface area contributed by atoms with E-state index in [0.29, 0.717) is 34.3 Å². The number of carbonyl (C=O) groups is 1. The predicted molar refractivity (Wildman–Crippen MR) is 97.6 cm³/mol. The average molecular weight is 353 g/mol. The number of carbonyl (C=O) groups excluding carboxylic acids is 1. The molecule has 1 heterocycles. The molecule has 0 unspecified atom stereocenters. The second kappa shape index (κ2) is 7.76. The number of furan rings is 1. The van der Waals surface area contributed by atoms with Crippen LogP contribution in [0.15, 0.2) is 59.0 Å². The molecule has 0 aliphatic heterocycles. The smallest absolute Gasteiger partial charge is 0.255 e. The van der Waals surface area contributed by atoms with Gasteiger partial charge in [0.05, 0.1) is 19.8 Å². The third-order valence-corrected chi connectivity index (χ3v) is 3.87. The number of anilines is 1. The number of rotatable bonds is 6. The zero-order valence-electron chi connectivity index (χ0n) is 14.5. The van der Waals surface area contributed by atoms with Crippen molar-refractivity contribution in [2.45, 2.75) is 6.61 Å². The summed E-state index contributed by atoms with van der Waals surface area (Å²) in [7, 11) is 3.10. The lowest BCUT2D eigenvalue weighted by Crippen LogP contribution is -2.12. The first-order valence-electron chi connectivity index (χ1n) is 7.98. The summed E-state index contributed by atoms with van der Waals surface area (Å²) in [5, 5.41) is 12.0. The van der Waals surface area contributed by atoms with Crippen LogP contribution in [0.4, 0.5) is 5.69 Å². The van der Waals surface area contributed by atoms with Crippen molar-refractivity contribution < 1.29 is 23.8 Å². The highest BCUT2D eigenvalue weighted by molar-refractivity contribution is 6.04. The molecule has 0 bridgehead atoms. The first kappa shape index (κ1) is 17.6. The zero-order valence-corrected chi connectivity index (χ0v) is 14.5. The Morgan fingerprint density at radius 3 is 2.62 bits per heavy atom. The summed E-state index contributed by atoms with van der Waals surface area (Å²) in [4.78, 5) is 12.4. The van der Waals surface area contributed by atoms with Gasteiger partial charge in [-0.15, -0.1) is 0 Å². The minimum absolute atomic E-state index is 0.170. The normalized spacial score (nSPS) is 10.4. The number of hydrogen-bond donors (Lipinski definition) is 2. The fourth-order valence-electron chi connectivity index (χ4n) is 2.55. The quantitative estimate of drug-likeness (QED) is 0.706. The van der Waals surface area contributed by atoms with Crippen LogP contribution in [0.1, 0.15) is 16.1 Å². The fourth-order valence-corrected chi connectivity index (χ4v) is 2.55. The van der Waals surface area contributed by atoms with E-state index >= 15 is 0 Å². The van der Waals surface area contributed by atoms with Gasteiger partial charge in [-0.25, -0.2) is 0 Å². The Bertz CT molecular complexity index is 916. The molecule has 0 spiro atoms. The molecule has 6 heteroatoms. The molecule has 1 aromatic heterocycles. The standard InChI is InChI=1S/C20H19NO5/c1-24-15-5-3-4-13(10-15)20(23)21-14-6-8-17(19(11-14)25-2)18-9-7-16(12-22)26-18/h3-11,22H,12H2,1-2H3,(H,21,23). The maximum Gasteiger partial charge on any atom is 0.255 e. The Morgan fingerprint density at radius 1 is 1.08 bits per heavy atom. The largest absolute Gasteiger partial charge is 0.497 e. The van der Waals surface area contributed by atoms with E-state index in [1.807, 2.05) is 0 Å². The molecule has 26 heavy (non-hydrogen) atoms. The number of aliphatic hydroxyl groups is 1. The van der Waals surface area contributed by atoms with Gasteiger partial charge in [-0.05, 0) is 42.5 Å². The van der Waals surface area contributed by atoms with Crippen LogP contribution in [0.5, 0.6) is 11.5 Å². The number of benzene rings is 2. The third kappa shape index (κ3) is 3.70. The van der Waals surface area contributed by atoms with Crippen molar-refractivity contribution in [3.05, 3.63) is 65.9 Å². The lowest BCUT2D eigenvalue weighted by atomic mass is 10.1. The average Bonchev–Trinajstić information content (AvgIpc) is 3.17. The molecule has 3 aromatic rings. The van der Waals surface area contributed by atoms with Crippen LogP contribution >= 0.6 is 0 Å². The van der Waals surface area contributed by atoms with Crippen molar-refractivity contribution in [3.63, 3.8) is 0 Å². The predicted octanol–water partition coefficient (Wildman–Crippen LogP) is 3.71. The summed E-state index contributed by atoms with van der Waals surface area (Å²) in [6.07, 6.45) is 0. The van der Waals surface area contributed by atoms with Crippen molar-refractivity contribution in [2.75, 3.05) is 19.5 Å². The molecule has 6 nitrogen and oxygen atoms in total. The van der Waals surface area contributed by atoms with Crippen LogP contribution in [0, 0.1) is 0 Å². The van der Waals surface area contributed by atoms with Crippen LogP contribution in [-0.4, -0.2) is 25.2 Å². The first-order chi connectivity index (χ1) is 12.6. The van der Waals surface area contributed by atoms with Gasteiger partial charge >= 0.3 is 0 Å². The lowest BCUT2D eigenvalue weighted by molar-refractivity contribution is 0.102. The molecule has 134 valence electrons. The van der Waals surface area contributed by atoms with Gasteiger partial charge in [0.1, 0.15) is 29.6 Å². The SMILES string of the molecule is COc1cccc(C(=O)Nc2ccc(-c3ccc(CO)o3)c(OC)c2)c1. The number of aliphatic hydroxyl groups excluding tert-OH is 1. The maximum absolute atomic E-state index is 12.4. The molecule has 0 aliphatic rings. The summed E-state index contributed by atoms with van der Waals surface area (Å²) in [5.41, 5.74) is 1.81. The number of methoxy groups -OCH3 is 2. The highest BCUT2D eigenvalue weighted by Gasteiger charge is 2.13. The summed E-state index contributed by atoms with van der Waals surface area (Å²) >= 11 is 0. The lowest BCUT2D eigenvalue weighted by Gasteiger charge is -2.11. The highest BCUT2D eigenvalue weighted by atomic mass is 16.5. The van der Waals surface area contributed by atoms with Gasteiger partial charge in [-0.3, -0.25) is 4.79 Å². The van der Waals surface area contributed by atoms with Crippen LogP contribution in [0.2, 0.25) is 0 Å². The fraction of sp³-hybridized carbons (Fsp3) is 0.150. The first-order valence-corrected chi connectivity index (χ1v) is 7.98. The number of nitrogens with one attached hydrogen (secondary N) is 1. The molecule has 0 fully saturated rings. The van der Waals surface area contributed by atoms with Gasteiger partial charge in [0.15, 0.2) is 0 Å². The van der Waals surface area contributed by atoms with E-state index in [1.165, 1.54) is 0 Å². The van der Waals surface area contributed by atoms with Crippen LogP contribution in [0.3, 0.4) is 0 Å². The van der Waals surface area contributed by atoms with E-state index in [1.54, 1.807) is 68.8 Å². The molecule has 0 saturated carbocycles. The minimum atomic E-state index is -0.251. The van der Waals surface area contributed by atoms with Crippen molar-refractivity contribution in [3.8, 4) is 22.8 Å². The minimum Gasteiger partial charge on any atom is -0.497 e. The van der Waals surface area contributed by atoms with E-state index in [9.17, 15) is 4.79 Å². The summed E-state index contributed by atoms with van der Waals surface area (Å²) in [5.74, 6) is 1.96. The van der Waals surface area contributed by atoms with Gasteiger partial charge in [0.25, 0.3) is 5.91 Å². The van der Waals surface area contributed by atoms with Crippen molar-refractivity contribution in [1.29, 1.82) is 0 Å². The molecule has 3 rings (SSSR count). The zero-order chi connectivity index (χ0) is 18.5. The Labute approximate surface area is 151 Å².